The molecule has 1 aromatic carbocycles. The highest BCUT2D eigenvalue weighted by atomic mass is 16.4. The van der Waals surface area contributed by atoms with Crippen LogP contribution in [0.4, 0.5) is 4.79 Å². The number of carbonyl (C=O) groups is 4. The van der Waals surface area contributed by atoms with Gasteiger partial charge in [0.25, 0.3) is 0 Å². The lowest BCUT2D eigenvalue weighted by molar-refractivity contribution is -0.155. The molecular formula is C19H26N4O5. The van der Waals surface area contributed by atoms with Crippen LogP contribution in [0.25, 0.3) is 0 Å². The van der Waals surface area contributed by atoms with Crippen molar-refractivity contribution < 1.29 is 24.3 Å². The fourth-order valence-corrected chi connectivity index (χ4v) is 3.41. The maximum Gasteiger partial charge on any atom is 0.331 e. The second-order valence-corrected chi connectivity index (χ2v) is 7.12. The molecule has 0 radical (unpaired) electrons. The number of nitrogens with one attached hydrogen (secondary N) is 1. The monoisotopic (exact) mass is 390 g/mol. The number of carboxylic acid groups (broad SMARTS) is 1. The summed E-state index contributed by atoms with van der Waals surface area (Å²) in [5.74, 6) is -2.49. The van der Waals surface area contributed by atoms with Crippen molar-refractivity contribution in [1.29, 1.82) is 0 Å². The first kappa shape index (κ1) is 21.2. The number of nitrogens with zero attached hydrogens (tertiary/aromatic N) is 2. The van der Waals surface area contributed by atoms with Crippen LogP contribution in [-0.2, 0) is 20.8 Å². The van der Waals surface area contributed by atoms with Gasteiger partial charge in [0.05, 0.1) is 6.42 Å². The molecule has 0 spiro atoms. The highest BCUT2D eigenvalue weighted by Gasteiger charge is 2.42. The highest BCUT2D eigenvalue weighted by molar-refractivity contribution is 5.92. The van der Waals surface area contributed by atoms with E-state index in [0.717, 1.165) is 5.01 Å². The van der Waals surface area contributed by atoms with Gasteiger partial charge in [-0.25, -0.2) is 20.0 Å². The van der Waals surface area contributed by atoms with Crippen molar-refractivity contribution in [3.63, 3.8) is 0 Å². The van der Waals surface area contributed by atoms with E-state index in [2.05, 4.69) is 5.43 Å². The van der Waals surface area contributed by atoms with Crippen LogP contribution in [0.1, 0.15) is 32.3 Å². The third-order valence-electron chi connectivity index (χ3n) is 4.68. The first-order chi connectivity index (χ1) is 13.2. The van der Waals surface area contributed by atoms with E-state index in [9.17, 15) is 24.3 Å². The molecule has 1 fully saturated rings. The lowest BCUT2D eigenvalue weighted by Crippen LogP contribution is -2.61. The lowest BCUT2D eigenvalue weighted by atomic mass is 10.0. The maximum absolute atomic E-state index is 13.2. The third kappa shape index (κ3) is 4.99. The lowest BCUT2D eigenvalue weighted by Gasteiger charge is -2.36. The van der Waals surface area contributed by atoms with Crippen LogP contribution in [0, 0.1) is 5.92 Å². The van der Waals surface area contributed by atoms with Crippen LogP contribution in [0.5, 0.6) is 0 Å². The topological polar surface area (TPSA) is 133 Å². The molecule has 9 nitrogen and oxygen atoms in total. The second kappa shape index (κ2) is 9.20. The Morgan fingerprint density at radius 2 is 1.89 bits per heavy atom. The van der Waals surface area contributed by atoms with Crippen molar-refractivity contribution in [2.45, 2.75) is 45.2 Å². The van der Waals surface area contributed by atoms with E-state index in [1.54, 1.807) is 38.1 Å². The van der Waals surface area contributed by atoms with Gasteiger partial charge in [-0.1, -0.05) is 44.2 Å². The minimum absolute atomic E-state index is 0.0417. The molecule has 0 bridgehead atoms. The van der Waals surface area contributed by atoms with Gasteiger partial charge in [-0.15, -0.1) is 0 Å². The summed E-state index contributed by atoms with van der Waals surface area (Å²) < 4.78 is 0. The van der Waals surface area contributed by atoms with E-state index in [1.807, 2.05) is 6.07 Å². The molecule has 1 aromatic rings. The number of amides is 4. The van der Waals surface area contributed by atoms with Gasteiger partial charge in [-0.3, -0.25) is 9.59 Å². The molecule has 1 aliphatic rings. The third-order valence-corrected chi connectivity index (χ3v) is 4.68. The van der Waals surface area contributed by atoms with Crippen molar-refractivity contribution in [3.8, 4) is 0 Å². The summed E-state index contributed by atoms with van der Waals surface area (Å²) in [4.78, 5) is 50.3. The van der Waals surface area contributed by atoms with E-state index in [1.165, 1.54) is 4.90 Å². The average Bonchev–Trinajstić information content (AvgIpc) is 3.11. The Morgan fingerprint density at radius 1 is 1.25 bits per heavy atom. The van der Waals surface area contributed by atoms with Gasteiger partial charge < -0.3 is 15.7 Å². The van der Waals surface area contributed by atoms with Gasteiger partial charge in [-0.05, 0) is 24.3 Å². The van der Waals surface area contributed by atoms with Crippen molar-refractivity contribution >= 4 is 23.8 Å². The first-order valence-electron chi connectivity index (χ1n) is 9.17. The van der Waals surface area contributed by atoms with E-state index < -0.39 is 35.9 Å². The Bertz CT molecular complexity index is 737. The number of urea groups is 1. The molecule has 152 valence electrons. The zero-order valence-corrected chi connectivity index (χ0v) is 16.0. The molecule has 9 heteroatoms. The van der Waals surface area contributed by atoms with Gasteiger partial charge in [0.2, 0.25) is 11.8 Å². The summed E-state index contributed by atoms with van der Waals surface area (Å²) in [6, 6.07) is 5.91. The molecule has 4 N–H and O–H groups in total. The number of rotatable bonds is 6. The fraction of sp³-hybridized carbons (Fsp3) is 0.474. The minimum atomic E-state index is -1.08. The molecule has 0 aliphatic carbocycles. The summed E-state index contributed by atoms with van der Waals surface area (Å²) in [6.07, 6.45) is 0.877. The fourth-order valence-electron chi connectivity index (χ4n) is 3.41. The van der Waals surface area contributed by atoms with Gasteiger partial charge in [0.15, 0.2) is 0 Å². The van der Waals surface area contributed by atoms with Gasteiger partial charge in [-0.2, -0.15) is 0 Å². The molecule has 0 aromatic heterocycles. The SMILES string of the molecule is CC(C)[C@@H](C(=O)N1CCC[C@H]1C(=O)O)N(NC(N)=O)C(=O)Cc1ccccc1. The Hall–Kier alpha value is -3.10. The number of carbonyl (C=O) groups excluding carboxylic acids is 3. The predicted octanol–water partition coefficient (Wildman–Crippen LogP) is 0.741. The maximum atomic E-state index is 13.2. The van der Waals surface area contributed by atoms with E-state index in [-0.39, 0.29) is 18.9 Å². The molecule has 4 amide bonds. The molecule has 1 heterocycles. The number of carboxylic acids is 1. The van der Waals surface area contributed by atoms with Crippen LogP contribution in [-0.4, -0.2) is 57.5 Å². The number of benzene rings is 1. The summed E-state index contributed by atoms with van der Waals surface area (Å²) in [6.45, 7) is 3.73. The van der Waals surface area contributed by atoms with Gasteiger partial charge in [0, 0.05) is 6.54 Å². The molecule has 1 saturated heterocycles. The molecular weight excluding hydrogens is 364 g/mol. The predicted molar refractivity (Wildman–Crippen MR) is 101 cm³/mol. The molecule has 1 aliphatic heterocycles. The number of aliphatic carboxylic acids is 1. The molecule has 28 heavy (non-hydrogen) atoms. The number of hydrazine groups is 1. The molecule has 0 saturated carbocycles. The Balaban J connectivity index is 2.30. The van der Waals surface area contributed by atoms with Crippen LogP contribution in [0.3, 0.4) is 0 Å². The average molecular weight is 390 g/mol. The summed E-state index contributed by atoms with van der Waals surface area (Å²) in [7, 11) is 0. The quantitative estimate of drug-likeness (QED) is 0.616. The number of primary amides is 1. The van der Waals surface area contributed by atoms with Crippen molar-refractivity contribution in [1.82, 2.24) is 15.3 Å². The summed E-state index contributed by atoms with van der Waals surface area (Å²) in [5, 5.41) is 10.3. The second-order valence-electron chi connectivity index (χ2n) is 7.12. The Kier molecular flexibility index (Phi) is 6.97. The van der Waals surface area contributed by atoms with Gasteiger partial charge >= 0.3 is 12.0 Å². The molecule has 0 unspecified atom stereocenters. The summed E-state index contributed by atoms with van der Waals surface area (Å²) in [5.41, 5.74) is 8.20. The zero-order valence-electron chi connectivity index (χ0n) is 16.0. The van der Waals surface area contributed by atoms with E-state index >= 15 is 0 Å². The standard InChI is InChI=1S/C19H26N4O5/c1-12(2)16(17(25)22-10-6-9-14(22)18(26)27)23(21-19(20)28)15(24)11-13-7-4-3-5-8-13/h3-5,7-8,12,14,16H,6,9-11H2,1-2H3,(H,26,27)(H3,20,21,28)/t14-,16-/m0/s1. The van der Waals surface area contributed by atoms with Crippen molar-refractivity contribution in [3.05, 3.63) is 35.9 Å². The number of nitrogens with two attached hydrogens (primary N) is 1. The Morgan fingerprint density at radius 3 is 2.43 bits per heavy atom. The van der Waals surface area contributed by atoms with Crippen LogP contribution in [0.15, 0.2) is 30.3 Å². The molecule has 2 rings (SSSR count). The smallest absolute Gasteiger partial charge is 0.331 e. The van der Waals surface area contributed by atoms with Crippen molar-refractivity contribution in [2.24, 2.45) is 11.7 Å². The normalized spacial score (nSPS) is 17.2. The van der Waals surface area contributed by atoms with Crippen LogP contribution >= 0.6 is 0 Å². The van der Waals surface area contributed by atoms with Gasteiger partial charge in [0.1, 0.15) is 12.1 Å². The largest absolute Gasteiger partial charge is 0.480 e. The van der Waals surface area contributed by atoms with E-state index in [0.29, 0.717) is 18.4 Å². The van der Waals surface area contributed by atoms with Crippen molar-refractivity contribution in [2.75, 3.05) is 6.54 Å². The number of likely N-dealkylation sites (tertiary alicyclic amines) is 1. The zero-order chi connectivity index (χ0) is 20.8. The Labute approximate surface area is 163 Å². The minimum Gasteiger partial charge on any atom is -0.480 e. The summed E-state index contributed by atoms with van der Waals surface area (Å²) >= 11 is 0. The first-order valence-corrected chi connectivity index (χ1v) is 9.17. The van der Waals surface area contributed by atoms with Crippen LogP contribution < -0.4 is 11.2 Å². The van der Waals surface area contributed by atoms with E-state index in [4.69, 9.17) is 5.73 Å². The molecule has 2 atom stereocenters. The highest BCUT2D eigenvalue weighted by Crippen LogP contribution is 2.23. The number of hydrogen-bond acceptors (Lipinski definition) is 4. The van der Waals surface area contributed by atoms with Crippen LogP contribution in [0.2, 0.25) is 0 Å². The number of hydrogen-bond donors (Lipinski definition) is 3.